The molecule has 0 aliphatic carbocycles. The number of benzene rings is 11. The first-order valence-corrected chi connectivity index (χ1v) is 23.1. The van der Waals surface area contributed by atoms with Crippen LogP contribution in [0, 0.1) is 11.3 Å². The van der Waals surface area contributed by atoms with Crippen molar-refractivity contribution in [3.05, 3.63) is 242 Å². The number of nitrogens with zero attached hydrogens (tertiary/aromatic N) is 4. The summed E-state index contributed by atoms with van der Waals surface area (Å²) in [5.74, 6) is 0.676. The highest BCUT2D eigenvalue weighted by atomic mass is 15.1. The van der Waals surface area contributed by atoms with Gasteiger partial charge in [0, 0.05) is 45.4 Å². The summed E-state index contributed by atoms with van der Waals surface area (Å²) in [5, 5.41) is 19.4. The van der Waals surface area contributed by atoms with E-state index in [-0.39, 0.29) is 0 Å². The third kappa shape index (κ3) is 6.44. The van der Waals surface area contributed by atoms with Crippen LogP contribution in [0.15, 0.2) is 231 Å². The molecule has 11 aromatic carbocycles. The first-order valence-electron chi connectivity index (χ1n) is 23.1. The van der Waals surface area contributed by atoms with E-state index >= 15 is 0 Å². The molecule has 1 aliphatic heterocycles. The van der Waals surface area contributed by atoms with Gasteiger partial charge in [0.1, 0.15) is 0 Å². The highest BCUT2D eigenvalue weighted by molar-refractivity contribution is 6.24. The van der Waals surface area contributed by atoms with E-state index in [1.54, 1.807) is 0 Å². The van der Waals surface area contributed by atoms with Crippen molar-refractivity contribution in [2.75, 3.05) is 4.90 Å². The molecule has 0 bridgehead atoms. The van der Waals surface area contributed by atoms with E-state index in [1.807, 2.05) is 18.2 Å². The van der Waals surface area contributed by atoms with Crippen LogP contribution >= 0.6 is 0 Å². The number of para-hydroxylation sites is 1. The number of aromatic nitrogens is 2. The highest BCUT2D eigenvalue weighted by Gasteiger charge is 2.26. The van der Waals surface area contributed by atoms with E-state index in [1.165, 1.54) is 32.8 Å². The Balaban J connectivity index is 1.07. The Morgan fingerprint density at radius 2 is 0.882 bits per heavy atom. The lowest BCUT2D eigenvalue weighted by Gasteiger charge is -2.32. The predicted molar refractivity (Wildman–Crippen MR) is 282 cm³/mol. The van der Waals surface area contributed by atoms with Gasteiger partial charge in [0.15, 0.2) is 5.82 Å². The van der Waals surface area contributed by atoms with E-state index < -0.39 is 0 Å². The lowest BCUT2D eigenvalue weighted by Crippen LogP contribution is -2.20. The summed E-state index contributed by atoms with van der Waals surface area (Å²) < 4.78 is 0. The van der Waals surface area contributed by atoms with Crippen molar-refractivity contribution in [1.29, 1.82) is 5.26 Å². The normalized spacial score (nSPS) is 12.0. The summed E-state index contributed by atoms with van der Waals surface area (Å²) in [5.41, 5.74) is 15.9. The van der Waals surface area contributed by atoms with Crippen molar-refractivity contribution in [2.24, 2.45) is 0 Å². The van der Waals surface area contributed by atoms with Gasteiger partial charge in [0.2, 0.25) is 0 Å². The Morgan fingerprint density at radius 3 is 1.46 bits per heavy atom. The quantitative estimate of drug-likeness (QED) is 0.118. The maximum Gasteiger partial charge on any atom is 0.160 e. The molecule has 0 fully saturated rings. The van der Waals surface area contributed by atoms with Gasteiger partial charge >= 0.3 is 0 Å². The number of fused-ring (bicyclic) bond motifs is 2. The SMILES string of the molecule is N#Cc1ccc2c3c1ccc1c(-c4ccc5c(-c6ccccc6)c6cc(-c7nc(-c8ccccc8)cc(-c8ccccc8)n7)ccc6c(-c6ccccc6)c5c4)ccc(c13)N(c1ccccc1)C2. The van der Waals surface area contributed by atoms with Crippen LogP contribution in [0.5, 0.6) is 0 Å². The van der Waals surface area contributed by atoms with Crippen LogP contribution in [-0.2, 0) is 6.54 Å². The van der Waals surface area contributed by atoms with Gasteiger partial charge in [-0.05, 0) is 114 Å². The second kappa shape index (κ2) is 16.1. The fourth-order valence-electron chi connectivity index (χ4n) is 10.6. The summed E-state index contributed by atoms with van der Waals surface area (Å²) in [4.78, 5) is 12.9. The molecular formula is C64H40N4. The van der Waals surface area contributed by atoms with E-state index in [2.05, 4.69) is 223 Å². The number of rotatable bonds is 7. The maximum atomic E-state index is 10.3. The fraction of sp³-hybridized carbons (Fsp3) is 0.0156. The summed E-state index contributed by atoms with van der Waals surface area (Å²) in [7, 11) is 0. The summed E-state index contributed by atoms with van der Waals surface area (Å²) in [6.45, 7) is 0.726. The topological polar surface area (TPSA) is 52.8 Å². The molecule has 4 heteroatoms. The highest BCUT2D eigenvalue weighted by Crippen LogP contribution is 2.50. The zero-order valence-corrected chi connectivity index (χ0v) is 36.9. The Bertz CT molecular complexity index is 3920. The molecule has 0 amide bonds. The average Bonchev–Trinajstić information content (AvgIpc) is 3.42. The van der Waals surface area contributed by atoms with Gasteiger partial charge < -0.3 is 4.90 Å². The zero-order valence-electron chi connectivity index (χ0n) is 36.9. The van der Waals surface area contributed by atoms with Gasteiger partial charge in [0.25, 0.3) is 0 Å². The van der Waals surface area contributed by atoms with Gasteiger partial charge in [-0.25, -0.2) is 9.97 Å². The Kier molecular flexibility index (Phi) is 9.26. The third-order valence-electron chi connectivity index (χ3n) is 13.7. The molecule has 316 valence electrons. The standard InChI is InChI=1S/C64H40N4/c65-39-47-26-27-48-40-68(49-24-14-5-15-25-49)59-35-34-50(52-33-32-51(47)62(48)63(52)59)45-28-30-53-55(36-45)60(43-20-10-3-11-21-43)54-31-29-46(37-56(54)61(53)44-22-12-4-13-23-44)64-66-57(41-16-6-1-7-17-41)38-58(67-64)42-18-8-2-9-19-42/h1-38H,40H2. The van der Waals surface area contributed by atoms with Crippen molar-refractivity contribution < 1.29 is 0 Å². The third-order valence-corrected chi connectivity index (χ3v) is 13.7. The Morgan fingerprint density at radius 1 is 0.382 bits per heavy atom. The minimum absolute atomic E-state index is 0.676. The van der Waals surface area contributed by atoms with E-state index in [0.717, 1.165) is 95.2 Å². The molecule has 2 heterocycles. The molecule has 0 N–H and O–H groups in total. The van der Waals surface area contributed by atoms with Crippen molar-refractivity contribution >= 4 is 54.5 Å². The van der Waals surface area contributed by atoms with Crippen LogP contribution in [0.4, 0.5) is 11.4 Å². The summed E-state index contributed by atoms with van der Waals surface area (Å²) in [6.07, 6.45) is 0. The first kappa shape index (κ1) is 39.2. The Hall–Kier alpha value is -9.17. The molecular weight excluding hydrogens is 825 g/mol. The molecule has 68 heavy (non-hydrogen) atoms. The molecule has 1 aliphatic rings. The van der Waals surface area contributed by atoms with Gasteiger partial charge in [-0.15, -0.1) is 0 Å². The average molecular weight is 865 g/mol. The second-order valence-electron chi connectivity index (χ2n) is 17.5. The largest absolute Gasteiger partial charge is 0.336 e. The molecule has 0 unspecified atom stereocenters. The van der Waals surface area contributed by atoms with E-state index in [4.69, 9.17) is 9.97 Å². The first-order chi connectivity index (χ1) is 33.7. The molecule has 0 saturated carbocycles. The second-order valence-corrected chi connectivity index (χ2v) is 17.5. The van der Waals surface area contributed by atoms with E-state index in [9.17, 15) is 5.26 Å². The molecule has 12 aromatic rings. The predicted octanol–water partition coefficient (Wildman–Crippen LogP) is 16.6. The lowest BCUT2D eigenvalue weighted by molar-refractivity contribution is 0.982. The van der Waals surface area contributed by atoms with Crippen LogP contribution in [0.25, 0.3) is 110 Å². The molecule has 4 nitrogen and oxygen atoms in total. The minimum atomic E-state index is 0.676. The molecule has 13 rings (SSSR count). The van der Waals surface area contributed by atoms with Crippen molar-refractivity contribution in [3.63, 3.8) is 0 Å². The molecule has 0 radical (unpaired) electrons. The minimum Gasteiger partial charge on any atom is -0.336 e. The number of anilines is 2. The van der Waals surface area contributed by atoms with Crippen molar-refractivity contribution in [3.8, 4) is 73.4 Å². The van der Waals surface area contributed by atoms with Crippen LogP contribution in [0.2, 0.25) is 0 Å². The maximum absolute atomic E-state index is 10.3. The van der Waals surface area contributed by atoms with Crippen LogP contribution in [0.3, 0.4) is 0 Å². The van der Waals surface area contributed by atoms with E-state index in [0.29, 0.717) is 11.4 Å². The smallest absolute Gasteiger partial charge is 0.160 e. The van der Waals surface area contributed by atoms with Gasteiger partial charge in [-0.3, -0.25) is 0 Å². The molecule has 0 atom stereocenters. The van der Waals surface area contributed by atoms with Crippen LogP contribution in [0.1, 0.15) is 11.1 Å². The summed E-state index contributed by atoms with van der Waals surface area (Å²) >= 11 is 0. The number of hydrogen-bond donors (Lipinski definition) is 0. The summed E-state index contributed by atoms with van der Waals surface area (Å²) in [6, 6.07) is 84.4. The number of hydrogen-bond acceptors (Lipinski definition) is 4. The molecule has 1 aromatic heterocycles. The van der Waals surface area contributed by atoms with Crippen molar-refractivity contribution in [2.45, 2.75) is 6.54 Å². The van der Waals surface area contributed by atoms with Gasteiger partial charge in [0.05, 0.1) is 23.0 Å². The lowest BCUT2D eigenvalue weighted by atomic mass is 9.83. The number of nitriles is 1. The fourth-order valence-corrected chi connectivity index (χ4v) is 10.6. The van der Waals surface area contributed by atoms with Crippen molar-refractivity contribution in [1.82, 2.24) is 9.97 Å². The van der Waals surface area contributed by atoms with Crippen LogP contribution in [-0.4, -0.2) is 9.97 Å². The van der Waals surface area contributed by atoms with Gasteiger partial charge in [-0.2, -0.15) is 5.26 Å². The van der Waals surface area contributed by atoms with Crippen LogP contribution < -0.4 is 4.90 Å². The zero-order chi connectivity index (χ0) is 45.1. The molecule has 0 saturated heterocycles. The monoisotopic (exact) mass is 864 g/mol. The van der Waals surface area contributed by atoms with Gasteiger partial charge in [-0.1, -0.05) is 188 Å². The Labute approximate surface area is 394 Å². The molecule has 0 spiro atoms.